The topological polar surface area (TPSA) is 59.4 Å². The molecule has 5 nitrogen and oxygen atoms in total. The number of benzene rings is 2. The summed E-state index contributed by atoms with van der Waals surface area (Å²) >= 11 is 0. The lowest BCUT2D eigenvalue weighted by Gasteiger charge is -2.34. The number of nitrogens with one attached hydrogen (secondary N) is 1. The fraction of sp³-hybridized carbons (Fsp3) is 0.360. The average Bonchev–Trinajstić information content (AvgIpc) is 3.13. The molecule has 154 valence electrons. The van der Waals surface area contributed by atoms with E-state index in [0.29, 0.717) is 18.0 Å². The highest BCUT2D eigenvalue weighted by Crippen LogP contribution is 2.23. The summed E-state index contributed by atoms with van der Waals surface area (Å²) in [5.41, 5.74) is 3.61. The van der Waals surface area contributed by atoms with Crippen molar-refractivity contribution >= 4 is 11.6 Å². The summed E-state index contributed by atoms with van der Waals surface area (Å²) in [4.78, 5) is 16.9. The molecule has 0 spiro atoms. The molecule has 1 saturated heterocycles. The third-order valence-corrected chi connectivity index (χ3v) is 6.06. The second-order valence-corrected chi connectivity index (χ2v) is 8.19. The van der Waals surface area contributed by atoms with E-state index in [1.165, 1.54) is 5.56 Å². The van der Waals surface area contributed by atoms with E-state index in [1.54, 1.807) is 12.1 Å². The van der Waals surface area contributed by atoms with Crippen LogP contribution in [0.4, 0.5) is 5.69 Å². The smallest absolute Gasteiger partial charge is 0.248 e. The number of likely N-dealkylation sites (tertiary alicyclic amines) is 1. The molecule has 4 rings (SSSR count). The van der Waals surface area contributed by atoms with Crippen LogP contribution in [0.1, 0.15) is 24.0 Å². The first-order chi connectivity index (χ1) is 14.7. The number of carbonyl (C=O) groups excluding carboxylic acids is 1. The van der Waals surface area contributed by atoms with E-state index in [4.69, 9.17) is 0 Å². The van der Waals surface area contributed by atoms with Gasteiger partial charge in [0.2, 0.25) is 5.91 Å². The van der Waals surface area contributed by atoms with Crippen LogP contribution in [-0.2, 0) is 11.2 Å². The molecule has 1 fully saturated rings. The van der Waals surface area contributed by atoms with E-state index < -0.39 is 0 Å². The van der Waals surface area contributed by atoms with Crippen LogP contribution in [-0.4, -0.2) is 48.4 Å². The van der Waals surface area contributed by atoms with E-state index in [0.717, 1.165) is 56.8 Å². The number of para-hydroxylation sites is 1. The standard InChI is InChI=1S/C25H28N4O/c26-17-22-8-4-5-9-24(22)27-23-16-25(30)29(19-23)18-21-11-14-28(15-12-21)13-10-20-6-2-1-3-7-20/h1-9,16,21,27H,10-15,18-19H2. The minimum atomic E-state index is 0.0680. The monoisotopic (exact) mass is 400 g/mol. The Morgan fingerprint density at radius 3 is 2.53 bits per heavy atom. The van der Waals surface area contributed by atoms with Gasteiger partial charge >= 0.3 is 0 Å². The number of amides is 1. The summed E-state index contributed by atoms with van der Waals surface area (Å²) in [6.07, 6.45) is 5.04. The van der Waals surface area contributed by atoms with Gasteiger partial charge in [0.05, 0.1) is 17.8 Å². The highest BCUT2D eigenvalue weighted by atomic mass is 16.2. The molecule has 2 aliphatic rings. The SMILES string of the molecule is N#Cc1ccccc1NC1=CC(=O)N(CC2CCN(CCc3ccccc3)CC2)C1. The Bertz CT molecular complexity index is 939. The zero-order chi connectivity index (χ0) is 20.8. The molecule has 0 radical (unpaired) electrons. The fourth-order valence-corrected chi connectivity index (χ4v) is 4.30. The van der Waals surface area contributed by atoms with Gasteiger partial charge in [0, 0.05) is 24.9 Å². The molecule has 0 atom stereocenters. The quantitative estimate of drug-likeness (QED) is 0.771. The molecule has 30 heavy (non-hydrogen) atoms. The van der Waals surface area contributed by atoms with Gasteiger partial charge < -0.3 is 15.1 Å². The van der Waals surface area contributed by atoms with Crippen molar-refractivity contribution < 1.29 is 4.79 Å². The second kappa shape index (κ2) is 9.60. The molecule has 2 aromatic rings. The minimum Gasteiger partial charge on any atom is -0.356 e. The Balaban J connectivity index is 1.22. The van der Waals surface area contributed by atoms with Gasteiger partial charge in [-0.25, -0.2) is 0 Å². The number of piperidine rings is 1. The van der Waals surface area contributed by atoms with Gasteiger partial charge in [-0.05, 0) is 56.0 Å². The van der Waals surface area contributed by atoms with Crippen LogP contribution < -0.4 is 5.32 Å². The fourth-order valence-electron chi connectivity index (χ4n) is 4.30. The van der Waals surface area contributed by atoms with Crippen molar-refractivity contribution in [2.45, 2.75) is 19.3 Å². The summed E-state index contributed by atoms with van der Waals surface area (Å²) in [5.74, 6) is 0.625. The van der Waals surface area contributed by atoms with E-state index in [-0.39, 0.29) is 5.91 Å². The van der Waals surface area contributed by atoms with Gasteiger partial charge in [-0.15, -0.1) is 0 Å². The lowest BCUT2D eigenvalue weighted by molar-refractivity contribution is -0.125. The van der Waals surface area contributed by atoms with Crippen molar-refractivity contribution in [3.63, 3.8) is 0 Å². The predicted octanol–water partition coefficient (Wildman–Crippen LogP) is 3.65. The van der Waals surface area contributed by atoms with Crippen LogP contribution in [0.2, 0.25) is 0 Å². The Hall–Kier alpha value is -3.10. The highest BCUT2D eigenvalue weighted by molar-refractivity contribution is 5.92. The molecular formula is C25H28N4O. The third-order valence-electron chi connectivity index (χ3n) is 6.06. The maximum atomic E-state index is 12.5. The number of nitriles is 1. The Morgan fingerprint density at radius 1 is 1.03 bits per heavy atom. The van der Waals surface area contributed by atoms with Crippen LogP contribution in [0, 0.1) is 17.2 Å². The largest absolute Gasteiger partial charge is 0.356 e. The number of hydrogen-bond acceptors (Lipinski definition) is 4. The molecule has 2 aromatic carbocycles. The van der Waals surface area contributed by atoms with Crippen molar-refractivity contribution in [1.82, 2.24) is 9.80 Å². The Kier molecular flexibility index (Phi) is 6.46. The van der Waals surface area contributed by atoms with Crippen molar-refractivity contribution in [3.05, 3.63) is 77.5 Å². The zero-order valence-electron chi connectivity index (χ0n) is 17.3. The molecule has 2 aliphatic heterocycles. The zero-order valence-corrected chi connectivity index (χ0v) is 17.3. The normalized spacial score (nSPS) is 17.6. The first-order valence-corrected chi connectivity index (χ1v) is 10.7. The molecule has 0 unspecified atom stereocenters. The summed E-state index contributed by atoms with van der Waals surface area (Å²) in [7, 11) is 0. The van der Waals surface area contributed by atoms with Crippen molar-refractivity contribution in [2.75, 3.05) is 38.0 Å². The summed E-state index contributed by atoms with van der Waals surface area (Å²) < 4.78 is 0. The van der Waals surface area contributed by atoms with E-state index in [1.807, 2.05) is 23.1 Å². The van der Waals surface area contributed by atoms with Crippen molar-refractivity contribution in [1.29, 1.82) is 5.26 Å². The molecule has 1 amide bonds. The van der Waals surface area contributed by atoms with Gasteiger partial charge in [0.1, 0.15) is 6.07 Å². The molecule has 0 aromatic heterocycles. The number of anilines is 1. The third kappa shape index (κ3) is 5.08. The first kappa shape index (κ1) is 20.2. The molecule has 2 heterocycles. The lowest BCUT2D eigenvalue weighted by Crippen LogP contribution is -2.40. The van der Waals surface area contributed by atoms with Crippen LogP contribution in [0.3, 0.4) is 0 Å². The number of nitrogens with zero attached hydrogens (tertiary/aromatic N) is 3. The van der Waals surface area contributed by atoms with Crippen LogP contribution >= 0.6 is 0 Å². The molecule has 1 N–H and O–H groups in total. The predicted molar refractivity (Wildman–Crippen MR) is 119 cm³/mol. The molecule has 0 bridgehead atoms. The number of rotatable bonds is 7. The van der Waals surface area contributed by atoms with Gasteiger partial charge in [-0.2, -0.15) is 5.26 Å². The maximum absolute atomic E-state index is 12.5. The van der Waals surface area contributed by atoms with Gasteiger partial charge in [0.15, 0.2) is 0 Å². The van der Waals surface area contributed by atoms with E-state index in [2.05, 4.69) is 46.6 Å². The van der Waals surface area contributed by atoms with Crippen LogP contribution in [0.25, 0.3) is 0 Å². The van der Waals surface area contributed by atoms with E-state index >= 15 is 0 Å². The summed E-state index contributed by atoms with van der Waals surface area (Å²) in [6.45, 7) is 4.72. The molecule has 0 saturated carbocycles. The highest BCUT2D eigenvalue weighted by Gasteiger charge is 2.27. The van der Waals surface area contributed by atoms with Gasteiger partial charge in [-0.1, -0.05) is 42.5 Å². The maximum Gasteiger partial charge on any atom is 0.248 e. The van der Waals surface area contributed by atoms with Crippen molar-refractivity contribution in [3.8, 4) is 6.07 Å². The summed E-state index contributed by atoms with van der Waals surface area (Å²) in [6, 6.07) is 20.2. The van der Waals surface area contributed by atoms with Gasteiger partial charge in [-0.3, -0.25) is 4.79 Å². The Labute approximate surface area is 178 Å². The molecule has 0 aliphatic carbocycles. The number of carbonyl (C=O) groups is 1. The molecule has 5 heteroatoms. The minimum absolute atomic E-state index is 0.0680. The van der Waals surface area contributed by atoms with Crippen molar-refractivity contribution in [2.24, 2.45) is 5.92 Å². The summed E-state index contributed by atoms with van der Waals surface area (Å²) in [5, 5.41) is 12.5. The first-order valence-electron chi connectivity index (χ1n) is 10.7. The van der Waals surface area contributed by atoms with Crippen LogP contribution in [0.15, 0.2) is 66.4 Å². The van der Waals surface area contributed by atoms with Crippen LogP contribution in [0.5, 0.6) is 0 Å². The Morgan fingerprint density at radius 2 is 1.77 bits per heavy atom. The molecular weight excluding hydrogens is 372 g/mol. The second-order valence-electron chi connectivity index (χ2n) is 8.19. The lowest BCUT2D eigenvalue weighted by atomic mass is 9.96. The number of hydrogen-bond donors (Lipinski definition) is 1. The van der Waals surface area contributed by atoms with Gasteiger partial charge in [0.25, 0.3) is 0 Å². The van der Waals surface area contributed by atoms with E-state index in [9.17, 15) is 10.1 Å². The average molecular weight is 401 g/mol.